The SMILES string of the molecule is CCCN(c1cccc(N)c1)C(C)C(=O)NC1CCCC1. The van der Waals surface area contributed by atoms with Crippen molar-refractivity contribution in [3.8, 4) is 0 Å². The van der Waals surface area contributed by atoms with E-state index in [9.17, 15) is 4.79 Å². The smallest absolute Gasteiger partial charge is 0.242 e. The summed E-state index contributed by atoms with van der Waals surface area (Å²) in [6, 6.07) is 7.96. The Kier molecular flexibility index (Phi) is 5.48. The third kappa shape index (κ3) is 4.13. The van der Waals surface area contributed by atoms with Crippen molar-refractivity contribution in [2.75, 3.05) is 17.2 Å². The molecule has 1 aliphatic carbocycles. The van der Waals surface area contributed by atoms with Crippen LogP contribution < -0.4 is 16.0 Å². The minimum Gasteiger partial charge on any atom is -0.399 e. The molecule has 0 aromatic heterocycles. The van der Waals surface area contributed by atoms with E-state index in [1.54, 1.807) is 0 Å². The highest BCUT2D eigenvalue weighted by atomic mass is 16.2. The van der Waals surface area contributed by atoms with E-state index in [0.29, 0.717) is 6.04 Å². The predicted octanol–water partition coefficient (Wildman–Crippen LogP) is 2.93. The lowest BCUT2D eigenvalue weighted by Gasteiger charge is -2.31. The highest BCUT2D eigenvalue weighted by molar-refractivity contribution is 5.85. The monoisotopic (exact) mass is 289 g/mol. The van der Waals surface area contributed by atoms with Crippen molar-refractivity contribution in [2.24, 2.45) is 0 Å². The van der Waals surface area contributed by atoms with Gasteiger partial charge in [-0.05, 0) is 44.4 Å². The number of hydrogen-bond acceptors (Lipinski definition) is 3. The van der Waals surface area contributed by atoms with E-state index in [2.05, 4.69) is 17.1 Å². The van der Waals surface area contributed by atoms with E-state index in [4.69, 9.17) is 5.73 Å². The van der Waals surface area contributed by atoms with Gasteiger partial charge in [0.05, 0.1) is 0 Å². The van der Waals surface area contributed by atoms with E-state index < -0.39 is 0 Å². The van der Waals surface area contributed by atoms with Gasteiger partial charge in [-0.25, -0.2) is 0 Å². The minimum atomic E-state index is -0.174. The molecule has 0 spiro atoms. The Morgan fingerprint density at radius 3 is 2.76 bits per heavy atom. The largest absolute Gasteiger partial charge is 0.399 e. The number of amides is 1. The van der Waals surface area contributed by atoms with E-state index in [1.165, 1.54) is 12.8 Å². The van der Waals surface area contributed by atoms with E-state index in [1.807, 2.05) is 31.2 Å². The second-order valence-electron chi connectivity index (χ2n) is 5.95. The number of anilines is 2. The zero-order chi connectivity index (χ0) is 15.2. The summed E-state index contributed by atoms with van der Waals surface area (Å²) in [7, 11) is 0. The van der Waals surface area contributed by atoms with Gasteiger partial charge in [-0.1, -0.05) is 25.8 Å². The maximum absolute atomic E-state index is 12.5. The highest BCUT2D eigenvalue weighted by Crippen LogP contribution is 2.22. The number of nitrogens with two attached hydrogens (primary N) is 1. The van der Waals surface area contributed by atoms with Crippen LogP contribution in [0.15, 0.2) is 24.3 Å². The highest BCUT2D eigenvalue weighted by Gasteiger charge is 2.24. The van der Waals surface area contributed by atoms with Crippen LogP contribution in [0.4, 0.5) is 11.4 Å². The normalized spacial score (nSPS) is 16.7. The molecule has 3 N–H and O–H groups in total. The molecular weight excluding hydrogens is 262 g/mol. The van der Waals surface area contributed by atoms with Crippen LogP contribution in [-0.2, 0) is 4.79 Å². The average Bonchev–Trinajstić information content (AvgIpc) is 2.97. The topological polar surface area (TPSA) is 58.4 Å². The molecule has 1 fully saturated rings. The summed E-state index contributed by atoms with van der Waals surface area (Å²) in [4.78, 5) is 14.6. The molecule has 0 saturated heterocycles. The molecule has 4 heteroatoms. The van der Waals surface area contributed by atoms with Crippen LogP contribution in [0.1, 0.15) is 46.0 Å². The third-order valence-corrected chi connectivity index (χ3v) is 4.21. The number of nitrogens with one attached hydrogen (secondary N) is 1. The molecule has 0 bridgehead atoms. The van der Waals surface area contributed by atoms with Gasteiger partial charge in [-0.2, -0.15) is 0 Å². The molecule has 1 aliphatic rings. The third-order valence-electron chi connectivity index (χ3n) is 4.21. The van der Waals surface area contributed by atoms with E-state index in [-0.39, 0.29) is 11.9 Å². The lowest BCUT2D eigenvalue weighted by molar-refractivity contribution is -0.122. The van der Waals surface area contributed by atoms with Gasteiger partial charge >= 0.3 is 0 Å². The fraction of sp³-hybridized carbons (Fsp3) is 0.588. The summed E-state index contributed by atoms with van der Waals surface area (Å²) in [5.41, 5.74) is 7.63. The number of nitrogens with zero attached hydrogens (tertiary/aromatic N) is 1. The summed E-state index contributed by atoms with van der Waals surface area (Å²) in [6.45, 7) is 4.95. The first kappa shape index (κ1) is 15.7. The Morgan fingerprint density at radius 2 is 2.14 bits per heavy atom. The predicted molar refractivity (Wildman–Crippen MR) is 88.4 cm³/mol. The molecule has 4 nitrogen and oxygen atoms in total. The average molecular weight is 289 g/mol. The van der Waals surface area contributed by atoms with Crippen molar-refractivity contribution >= 4 is 17.3 Å². The van der Waals surface area contributed by atoms with Crippen LogP contribution in [0, 0.1) is 0 Å². The maximum Gasteiger partial charge on any atom is 0.242 e. The van der Waals surface area contributed by atoms with Gasteiger partial charge in [0.1, 0.15) is 6.04 Å². The molecule has 21 heavy (non-hydrogen) atoms. The molecule has 1 aromatic carbocycles. The molecule has 1 amide bonds. The van der Waals surface area contributed by atoms with Crippen molar-refractivity contribution in [1.29, 1.82) is 0 Å². The quantitative estimate of drug-likeness (QED) is 0.792. The fourth-order valence-electron chi connectivity index (χ4n) is 3.02. The Hall–Kier alpha value is -1.71. The number of rotatable bonds is 6. The van der Waals surface area contributed by atoms with Crippen molar-refractivity contribution in [3.63, 3.8) is 0 Å². The Balaban J connectivity index is 2.07. The zero-order valence-corrected chi connectivity index (χ0v) is 13.1. The van der Waals surface area contributed by atoms with E-state index >= 15 is 0 Å². The molecule has 116 valence electrons. The number of benzene rings is 1. The summed E-state index contributed by atoms with van der Waals surface area (Å²) in [6.07, 6.45) is 5.69. The summed E-state index contributed by atoms with van der Waals surface area (Å²) >= 11 is 0. The van der Waals surface area contributed by atoms with Crippen LogP contribution in [0.5, 0.6) is 0 Å². The maximum atomic E-state index is 12.5. The first-order valence-electron chi connectivity index (χ1n) is 8.04. The molecular formula is C17H27N3O. The number of nitrogen functional groups attached to an aromatic ring is 1. The fourth-order valence-corrected chi connectivity index (χ4v) is 3.02. The Bertz CT molecular complexity index is 469. The minimum absolute atomic E-state index is 0.123. The van der Waals surface area contributed by atoms with Gasteiger partial charge in [0.2, 0.25) is 5.91 Å². The molecule has 0 heterocycles. The van der Waals surface area contributed by atoms with Gasteiger partial charge in [0, 0.05) is 24.0 Å². The van der Waals surface area contributed by atoms with Gasteiger partial charge in [0.15, 0.2) is 0 Å². The standard InChI is InChI=1S/C17H27N3O/c1-3-11-20(16-10-6-7-14(18)12-16)13(2)17(21)19-15-8-4-5-9-15/h6-7,10,12-13,15H,3-5,8-9,11,18H2,1-2H3,(H,19,21). The number of hydrogen-bond donors (Lipinski definition) is 2. The Morgan fingerprint density at radius 1 is 1.43 bits per heavy atom. The zero-order valence-electron chi connectivity index (χ0n) is 13.1. The number of carbonyl (C=O) groups excluding carboxylic acids is 1. The van der Waals surface area contributed by atoms with Crippen LogP contribution in [0.2, 0.25) is 0 Å². The van der Waals surface area contributed by atoms with Gasteiger partial charge in [-0.15, -0.1) is 0 Å². The first-order valence-corrected chi connectivity index (χ1v) is 8.04. The first-order chi connectivity index (χ1) is 10.1. The lowest BCUT2D eigenvalue weighted by atomic mass is 10.1. The van der Waals surface area contributed by atoms with Crippen molar-refractivity contribution in [2.45, 2.75) is 58.0 Å². The van der Waals surface area contributed by atoms with Crippen LogP contribution in [-0.4, -0.2) is 24.5 Å². The lowest BCUT2D eigenvalue weighted by Crippen LogP contribution is -2.48. The summed E-state index contributed by atoms with van der Waals surface area (Å²) in [5, 5.41) is 3.19. The van der Waals surface area contributed by atoms with E-state index in [0.717, 1.165) is 37.2 Å². The summed E-state index contributed by atoms with van der Waals surface area (Å²) < 4.78 is 0. The molecule has 1 aromatic rings. The van der Waals surface area contributed by atoms with Crippen molar-refractivity contribution < 1.29 is 4.79 Å². The summed E-state index contributed by atoms with van der Waals surface area (Å²) in [5.74, 6) is 0.123. The molecule has 1 saturated carbocycles. The molecule has 1 unspecified atom stereocenters. The van der Waals surface area contributed by atoms with Gasteiger partial charge in [0.25, 0.3) is 0 Å². The van der Waals surface area contributed by atoms with Crippen molar-refractivity contribution in [1.82, 2.24) is 5.32 Å². The van der Waals surface area contributed by atoms with Gasteiger partial charge < -0.3 is 16.0 Å². The Labute approximate surface area is 127 Å². The van der Waals surface area contributed by atoms with Crippen LogP contribution >= 0.6 is 0 Å². The molecule has 1 atom stereocenters. The molecule has 2 rings (SSSR count). The molecule has 0 aliphatic heterocycles. The van der Waals surface area contributed by atoms with Crippen LogP contribution in [0.3, 0.4) is 0 Å². The van der Waals surface area contributed by atoms with Gasteiger partial charge in [-0.3, -0.25) is 4.79 Å². The second kappa shape index (κ2) is 7.34. The number of carbonyl (C=O) groups is 1. The molecule has 0 radical (unpaired) electrons. The second-order valence-corrected chi connectivity index (χ2v) is 5.95. The van der Waals surface area contributed by atoms with Crippen LogP contribution in [0.25, 0.3) is 0 Å². The van der Waals surface area contributed by atoms with Crippen molar-refractivity contribution in [3.05, 3.63) is 24.3 Å².